The Hall–Kier alpha value is -1.12. The molecule has 0 unspecified atom stereocenters. The standard InChI is InChI=1S/C12H17ClN4O3S/c1-15-6-9-8(12(15)18)4-3-5-17(9)21(19,20)11-10(13)16(2)7-14-11/h7-9H,3-6H2,1-2H3/t8-,9-/m1/s1. The third-order valence-electron chi connectivity index (χ3n) is 4.27. The normalized spacial score (nSPS) is 27.2. The molecule has 0 aromatic carbocycles. The first-order chi connectivity index (χ1) is 9.84. The van der Waals surface area contributed by atoms with E-state index in [9.17, 15) is 13.2 Å². The second kappa shape index (κ2) is 4.96. The SMILES string of the molecule is CN1C[C@@H]2[C@@H](CCCN2S(=O)(=O)c2ncn(C)c2Cl)C1=O. The van der Waals surface area contributed by atoms with Crippen molar-refractivity contribution in [1.82, 2.24) is 18.8 Å². The molecule has 3 heterocycles. The van der Waals surface area contributed by atoms with E-state index in [1.54, 1.807) is 19.0 Å². The number of hydrogen-bond donors (Lipinski definition) is 0. The van der Waals surface area contributed by atoms with Gasteiger partial charge in [-0.15, -0.1) is 0 Å². The summed E-state index contributed by atoms with van der Waals surface area (Å²) in [5, 5.41) is -0.0379. The molecule has 21 heavy (non-hydrogen) atoms. The molecule has 0 N–H and O–H groups in total. The maximum Gasteiger partial charge on any atom is 0.264 e. The number of rotatable bonds is 2. The molecule has 2 aliphatic rings. The number of aromatic nitrogens is 2. The molecule has 1 aromatic heterocycles. The molecule has 2 aliphatic heterocycles. The van der Waals surface area contributed by atoms with Gasteiger partial charge in [0.1, 0.15) is 5.15 Å². The highest BCUT2D eigenvalue weighted by Gasteiger charge is 2.48. The van der Waals surface area contributed by atoms with Gasteiger partial charge in [-0.05, 0) is 12.8 Å². The highest BCUT2D eigenvalue weighted by atomic mass is 35.5. The van der Waals surface area contributed by atoms with Gasteiger partial charge in [-0.2, -0.15) is 4.31 Å². The molecule has 2 fully saturated rings. The van der Waals surface area contributed by atoms with Crippen LogP contribution in [0.25, 0.3) is 0 Å². The number of likely N-dealkylation sites (tertiary alicyclic amines) is 1. The van der Waals surface area contributed by atoms with Crippen LogP contribution in [0.15, 0.2) is 11.4 Å². The summed E-state index contributed by atoms with van der Waals surface area (Å²) in [5.74, 6) is -0.229. The number of halogens is 1. The Morgan fingerprint density at radius 3 is 2.71 bits per heavy atom. The molecule has 1 amide bonds. The molecule has 2 atom stereocenters. The lowest BCUT2D eigenvalue weighted by molar-refractivity contribution is -0.130. The Balaban J connectivity index is 1.99. The fourth-order valence-electron chi connectivity index (χ4n) is 3.16. The Bertz CT molecular complexity index is 687. The second-order valence-electron chi connectivity index (χ2n) is 5.60. The summed E-state index contributed by atoms with van der Waals surface area (Å²) in [4.78, 5) is 17.6. The zero-order valence-corrected chi connectivity index (χ0v) is 13.4. The predicted molar refractivity (Wildman–Crippen MR) is 76.3 cm³/mol. The number of likely N-dealkylation sites (N-methyl/N-ethyl adjacent to an activating group) is 1. The highest BCUT2D eigenvalue weighted by molar-refractivity contribution is 7.89. The first-order valence-corrected chi connectivity index (χ1v) is 8.59. The average molecular weight is 333 g/mol. The summed E-state index contributed by atoms with van der Waals surface area (Å²) < 4.78 is 28.5. The first-order valence-electron chi connectivity index (χ1n) is 6.77. The molecule has 3 rings (SSSR count). The van der Waals surface area contributed by atoms with Crippen LogP contribution >= 0.6 is 11.6 Å². The van der Waals surface area contributed by atoms with E-state index >= 15 is 0 Å². The van der Waals surface area contributed by atoms with Gasteiger partial charge in [-0.1, -0.05) is 11.6 Å². The van der Waals surface area contributed by atoms with Gasteiger partial charge in [0.2, 0.25) is 10.9 Å². The van der Waals surface area contributed by atoms with Gasteiger partial charge in [0.25, 0.3) is 10.0 Å². The smallest absolute Gasteiger partial charge is 0.264 e. The molecule has 0 aliphatic carbocycles. The van der Waals surface area contributed by atoms with Gasteiger partial charge in [0.15, 0.2) is 0 Å². The number of aryl methyl sites for hydroxylation is 1. The van der Waals surface area contributed by atoms with Gasteiger partial charge >= 0.3 is 0 Å². The van der Waals surface area contributed by atoms with Crippen molar-refractivity contribution in [2.75, 3.05) is 20.1 Å². The number of imidazole rings is 1. The predicted octanol–water partition coefficient (Wildman–Crippen LogP) is 0.315. The summed E-state index contributed by atoms with van der Waals surface area (Å²) in [6, 6.07) is -0.320. The van der Waals surface area contributed by atoms with Crippen LogP contribution in [0.1, 0.15) is 12.8 Å². The number of carbonyl (C=O) groups excluding carboxylic acids is 1. The molecule has 2 saturated heterocycles. The third kappa shape index (κ3) is 2.16. The lowest BCUT2D eigenvalue weighted by Crippen LogP contribution is -2.48. The van der Waals surface area contributed by atoms with Crippen LogP contribution in [0.2, 0.25) is 5.15 Å². The van der Waals surface area contributed by atoms with Crippen molar-refractivity contribution in [1.29, 1.82) is 0 Å². The van der Waals surface area contributed by atoms with E-state index in [1.165, 1.54) is 15.2 Å². The van der Waals surface area contributed by atoms with Crippen LogP contribution in [-0.4, -0.2) is 59.3 Å². The second-order valence-corrected chi connectivity index (χ2v) is 7.77. The lowest BCUT2D eigenvalue weighted by Gasteiger charge is -2.34. The summed E-state index contributed by atoms with van der Waals surface area (Å²) in [6.07, 6.45) is 2.78. The van der Waals surface area contributed by atoms with Crippen LogP contribution < -0.4 is 0 Å². The number of piperidine rings is 1. The monoisotopic (exact) mass is 332 g/mol. The minimum Gasteiger partial charge on any atom is -0.344 e. The molecular weight excluding hydrogens is 316 g/mol. The van der Waals surface area contributed by atoms with Gasteiger partial charge in [0, 0.05) is 27.2 Å². The summed E-state index contributed by atoms with van der Waals surface area (Å²) >= 11 is 6.03. The molecule has 7 nitrogen and oxygen atoms in total. The van der Waals surface area contributed by atoms with E-state index in [4.69, 9.17) is 11.6 Å². The van der Waals surface area contributed by atoms with Gasteiger partial charge in [0.05, 0.1) is 18.3 Å². The molecule has 0 saturated carbocycles. The fourth-order valence-corrected chi connectivity index (χ4v) is 5.25. The number of fused-ring (bicyclic) bond motifs is 1. The van der Waals surface area contributed by atoms with Crippen molar-refractivity contribution >= 4 is 27.5 Å². The Labute approximate surface area is 128 Å². The van der Waals surface area contributed by atoms with Crippen LogP contribution in [0, 0.1) is 5.92 Å². The van der Waals surface area contributed by atoms with Crippen LogP contribution in [-0.2, 0) is 21.9 Å². The minimum absolute atomic E-state index is 0.0204. The van der Waals surface area contributed by atoms with Crippen molar-refractivity contribution < 1.29 is 13.2 Å². The number of nitrogens with zero attached hydrogens (tertiary/aromatic N) is 4. The molecule has 9 heteroatoms. The zero-order valence-electron chi connectivity index (χ0n) is 11.9. The minimum atomic E-state index is -3.78. The van der Waals surface area contributed by atoms with E-state index in [0.29, 0.717) is 19.5 Å². The van der Waals surface area contributed by atoms with Crippen molar-refractivity contribution in [3.8, 4) is 0 Å². The maximum absolute atomic E-state index is 12.8. The van der Waals surface area contributed by atoms with Gasteiger partial charge in [-0.25, -0.2) is 13.4 Å². The van der Waals surface area contributed by atoms with E-state index in [0.717, 1.165) is 6.42 Å². The van der Waals surface area contributed by atoms with Crippen molar-refractivity contribution in [3.63, 3.8) is 0 Å². The van der Waals surface area contributed by atoms with Gasteiger partial charge < -0.3 is 9.47 Å². The zero-order chi connectivity index (χ0) is 15.4. The summed E-state index contributed by atoms with van der Waals surface area (Å²) in [5.41, 5.74) is 0. The van der Waals surface area contributed by atoms with Crippen LogP contribution in [0.4, 0.5) is 0 Å². The summed E-state index contributed by atoms with van der Waals surface area (Å²) in [7, 11) is -0.436. The molecule has 0 bridgehead atoms. The number of carbonyl (C=O) groups is 1. The van der Waals surface area contributed by atoms with E-state index < -0.39 is 10.0 Å². The molecule has 0 spiro atoms. The van der Waals surface area contributed by atoms with Crippen molar-refractivity contribution in [2.45, 2.75) is 23.9 Å². The molecule has 116 valence electrons. The van der Waals surface area contributed by atoms with Crippen molar-refractivity contribution in [2.24, 2.45) is 13.0 Å². The number of amides is 1. The molecule has 0 radical (unpaired) electrons. The molecule has 1 aromatic rings. The lowest BCUT2D eigenvalue weighted by atomic mass is 9.93. The highest BCUT2D eigenvalue weighted by Crippen LogP contribution is 2.35. The van der Waals surface area contributed by atoms with Gasteiger partial charge in [-0.3, -0.25) is 4.79 Å². The number of sulfonamides is 1. The Kier molecular flexibility index (Phi) is 3.50. The Morgan fingerprint density at radius 2 is 2.10 bits per heavy atom. The van der Waals surface area contributed by atoms with Crippen LogP contribution in [0.5, 0.6) is 0 Å². The van der Waals surface area contributed by atoms with Crippen LogP contribution in [0.3, 0.4) is 0 Å². The topological polar surface area (TPSA) is 75.5 Å². The largest absolute Gasteiger partial charge is 0.344 e. The third-order valence-corrected chi connectivity index (χ3v) is 6.69. The van der Waals surface area contributed by atoms with Crippen molar-refractivity contribution in [3.05, 3.63) is 11.5 Å². The van der Waals surface area contributed by atoms with E-state index in [-0.39, 0.29) is 28.0 Å². The fraction of sp³-hybridized carbons (Fsp3) is 0.667. The van der Waals surface area contributed by atoms with E-state index in [2.05, 4.69) is 4.98 Å². The number of hydrogen-bond acceptors (Lipinski definition) is 4. The molecular formula is C12H17ClN4O3S. The summed E-state index contributed by atoms with van der Waals surface area (Å²) in [6.45, 7) is 0.824. The Morgan fingerprint density at radius 1 is 1.38 bits per heavy atom. The maximum atomic E-state index is 12.8. The quantitative estimate of drug-likeness (QED) is 0.781. The van der Waals surface area contributed by atoms with E-state index in [1.807, 2.05) is 0 Å². The first kappa shape index (κ1) is 14.8. The average Bonchev–Trinajstić information content (AvgIpc) is 2.92.